The summed E-state index contributed by atoms with van der Waals surface area (Å²) in [4.78, 5) is 21.8. The fourth-order valence-electron chi connectivity index (χ4n) is 3.97. The lowest BCUT2D eigenvalue weighted by Crippen LogP contribution is -2.33. The molecule has 186 valence electrons. The molecule has 4 rings (SSSR count). The molecule has 3 heterocycles. The first kappa shape index (κ1) is 24.8. The van der Waals surface area contributed by atoms with E-state index in [0.717, 1.165) is 33.5 Å². The fraction of sp³-hybridized carbons (Fsp3) is 0.417. The second-order valence-corrected chi connectivity index (χ2v) is 10.3. The standard InChI is InChI=1S/C24H29N5O5S/c1-6-17-8-18(24-25-11-15(3)16(4)26-24)7-14(2)20(17)9-21(30)28-35(31,32)22-10-23-29(27-22)12-19(33-5)13-34-23/h7-8,10-11,19H,6,9,12-13H2,1-5H3,(H,28,30)/t19-/m1/s1. The van der Waals surface area contributed by atoms with Crippen molar-refractivity contribution in [2.45, 2.75) is 58.2 Å². The number of aromatic nitrogens is 4. The molecule has 0 saturated carbocycles. The summed E-state index contributed by atoms with van der Waals surface area (Å²) in [6.45, 7) is 8.45. The van der Waals surface area contributed by atoms with Gasteiger partial charge in [-0.1, -0.05) is 6.92 Å². The van der Waals surface area contributed by atoms with Crippen LogP contribution >= 0.6 is 0 Å². The minimum Gasteiger partial charge on any atom is -0.475 e. The van der Waals surface area contributed by atoms with Gasteiger partial charge in [-0.3, -0.25) is 4.79 Å². The van der Waals surface area contributed by atoms with Crippen LogP contribution in [0.25, 0.3) is 11.4 Å². The van der Waals surface area contributed by atoms with E-state index in [1.54, 1.807) is 13.3 Å². The number of methoxy groups -OCH3 is 1. The minimum absolute atomic E-state index is 0.0852. The van der Waals surface area contributed by atoms with E-state index in [4.69, 9.17) is 9.47 Å². The zero-order chi connectivity index (χ0) is 25.3. The Morgan fingerprint density at radius 3 is 2.69 bits per heavy atom. The highest BCUT2D eigenvalue weighted by Gasteiger charge is 2.28. The quantitative estimate of drug-likeness (QED) is 0.525. The average molecular weight is 500 g/mol. The molecule has 1 aliphatic rings. The molecule has 11 heteroatoms. The van der Waals surface area contributed by atoms with Gasteiger partial charge in [-0.2, -0.15) is 13.5 Å². The summed E-state index contributed by atoms with van der Waals surface area (Å²) in [6.07, 6.45) is 2.15. The number of hydrogen-bond acceptors (Lipinski definition) is 8. The molecule has 0 saturated heterocycles. The summed E-state index contributed by atoms with van der Waals surface area (Å²) >= 11 is 0. The highest BCUT2D eigenvalue weighted by Crippen LogP contribution is 2.26. The molecule has 1 N–H and O–H groups in total. The van der Waals surface area contributed by atoms with Gasteiger partial charge in [0.2, 0.25) is 16.8 Å². The van der Waals surface area contributed by atoms with Crippen molar-refractivity contribution < 1.29 is 22.7 Å². The van der Waals surface area contributed by atoms with E-state index in [-0.39, 0.29) is 17.6 Å². The Morgan fingerprint density at radius 1 is 1.23 bits per heavy atom. The van der Waals surface area contributed by atoms with Crippen LogP contribution in [0, 0.1) is 20.8 Å². The fourth-order valence-corrected chi connectivity index (χ4v) is 4.91. The third-order valence-electron chi connectivity index (χ3n) is 6.14. The highest BCUT2D eigenvalue weighted by atomic mass is 32.2. The van der Waals surface area contributed by atoms with Gasteiger partial charge in [0.25, 0.3) is 10.0 Å². The number of hydrogen-bond donors (Lipinski definition) is 1. The van der Waals surface area contributed by atoms with Crippen LogP contribution in [0.5, 0.6) is 5.88 Å². The van der Waals surface area contributed by atoms with Gasteiger partial charge in [0.1, 0.15) is 12.7 Å². The molecule has 3 aromatic rings. The number of benzene rings is 1. The van der Waals surface area contributed by atoms with Crippen molar-refractivity contribution in [1.29, 1.82) is 0 Å². The molecule has 1 aromatic carbocycles. The van der Waals surface area contributed by atoms with Crippen molar-refractivity contribution in [2.24, 2.45) is 0 Å². The third-order valence-corrected chi connectivity index (χ3v) is 7.38. The molecular formula is C24H29N5O5S. The Hall–Kier alpha value is -3.31. The molecule has 0 bridgehead atoms. The van der Waals surface area contributed by atoms with Gasteiger partial charge in [0.15, 0.2) is 5.82 Å². The first-order valence-corrected chi connectivity index (χ1v) is 12.8. The van der Waals surface area contributed by atoms with Gasteiger partial charge in [-0.25, -0.2) is 19.4 Å². The van der Waals surface area contributed by atoms with Crippen molar-refractivity contribution in [2.75, 3.05) is 13.7 Å². The Morgan fingerprint density at radius 2 is 2.00 bits per heavy atom. The van der Waals surface area contributed by atoms with Crippen LogP contribution in [0.1, 0.15) is 34.9 Å². The Labute approximate surface area is 204 Å². The molecule has 0 aliphatic carbocycles. The molecule has 1 amide bonds. The van der Waals surface area contributed by atoms with Crippen molar-refractivity contribution in [3.63, 3.8) is 0 Å². The number of fused-ring (bicyclic) bond motifs is 1. The molecule has 0 spiro atoms. The van der Waals surface area contributed by atoms with Gasteiger partial charge in [0.05, 0.1) is 13.0 Å². The van der Waals surface area contributed by atoms with Crippen LogP contribution in [-0.4, -0.2) is 53.9 Å². The number of carbonyl (C=O) groups is 1. The molecule has 0 radical (unpaired) electrons. The molecule has 2 aromatic heterocycles. The van der Waals surface area contributed by atoms with E-state index in [1.807, 2.05) is 39.8 Å². The lowest BCUT2D eigenvalue weighted by Gasteiger charge is -2.22. The van der Waals surface area contributed by atoms with E-state index >= 15 is 0 Å². The van der Waals surface area contributed by atoms with Gasteiger partial charge >= 0.3 is 0 Å². The Kier molecular flexibility index (Phi) is 6.91. The monoisotopic (exact) mass is 499 g/mol. The van der Waals surface area contributed by atoms with E-state index in [1.165, 1.54) is 10.7 Å². The van der Waals surface area contributed by atoms with Crippen LogP contribution in [-0.2, 0) is 38.9 Å². The number of sulfonamides is 1. The zero-order valence-electron chi connectivity index (χ0n) is 20.5. The molecule has 0 fully saturated rings. The molecule has 1 atom stereocenters. The number of ether oxygens (including phenoxy) is 2. The summed E-state index contributed by atoms with van der Waals surface area (Å²) in [5.41, 5.74) is 5.36. The SMILES string of the molecule is CCc1cc(-c2ncc(C)c(C)n2)cc(C)c1CC(=O)NS(=O)(=O)c1cc2n(n1)C[C@@H](OC)CO2. The summed E-state index contributed by atoms with van der Waals surface area (Å²) in [7, 11) is -2.61. The van der Waals surface area contributed by atoms with Crippen molar-refractivity contribution >= 4 is 15.9 Å². The lowest BCUT2D eigenvalue weighted by atomic mass is 9.94. The maximum atomic E-state index is 12.8. The maximum absolute atomic E-state index is 12.8. The molecule has 0 unspecified atom stereocenters. The summed E-state index contributed by atoms with van der Waals surface area (Å²) in [5.74, 6) is 0.296. The number of carbonyl (C=O) groups excluding carboxylic acids is 1. The lowest BCUT2D eigenvalue weighted by molar-refractivity contribution is -0.118. The van der Waals surface area contributed by atoms with E-state index < -0.39 is 15.9 Å². The van der Waals surface area contributed by atoms with Crippen LogP contribution < -0.4 is 9.46 Å². The largest absolute Gasteiger partial charge is 0.475 e. The van der Waals surface area contributed by atoms with Gasteiger partial charge in [0, 0.05) is 30.6 Å². The third kappa shape index (κ3) is 5.20. The number of rotatable bonds is 7. The zero-order valence-corrected chi connectivity index (χ0v) is 21.3. The number of nitrogens with zero attached hydrogens (tertiary/aromatic N) is 4. The highest BCUT2D eigenvalue weighted by molar-refractivity contribution is 7.90. The predicted molar refractivity (Wildman–Crippen MR) is 129 cm³/mol. The second-order valence-electron chi connectivity index (χ2n) is 8.62. The Balaban J connectivity index is 1.53. The van der Waals surface area contributed by atoms with E-state index in [2.05, 4.69) is 19.8 Å². The number of nitrogens with one attached hydrogen (secondary N) is 1. The first-order valence-electron chi connectivity index (χ1n) is 11.3. The predicted octanol–water partition coefficient (Wildman–Crippen LogP) is 2.28. The minimum atomic E-state index is -4.16. The van der Waals surface area contributed by atoms with Crippen molar-refractivity contribution in [3.8, 4) is 17.3 Å². The maximum Gasteiger partial charge on any atom is 0.283 e. The number of amides is 1. The normalized spacial score (nSPS) is 15.4. The van der Waals surface area contributed by atoms with Gasteiger partial charge in [-0.15, -0.1) is 0 Å². The van der Waals surface area contributed by atoms with E-state index in [9.17, 15) is 13.2 Å². The molecule has 10 nitrogen and oxygen atoms in total. The topological polar surface area (TPSA) is 125 Å². The van der Waals surface area contributed by atoms with Crippen LogP contribution in [0.3, 0.4) is 0 Å². The van der Waals surface area contributed by atoms with Crippen LogP contribution in [0.15, 0.2) is 29.4 Å². The average Bonchev–Trinajstić information content (AvgIpc) is 3.26. The van der Waals surface area contributed by atoms with Gasteiger partial charge < -0.3 is 9.47 Å². The van der Waals surface area contributed by atoms with Gasteiger partial charge in [-0.05, 0) is 61.6 Å². The van der Waals surface area contributed by atoms with Crippen LogP contribution in [0.2, 0.25) is 0 Å². The summed E-state index contributed by atoms with van der Waals surface area (Å²) in [5, 5.41) is 3.81. The first-order chi connectivity index (χ1) is 16.6. The Bertz CT molecular complexity index is 1380. The summed E-state index contributed by atoms with van der Waals surface area (Å²) < 4.78 is 40.0. The molecule has 1 aliphatic heterocycles. The summed E-state index contributed by atoms with van der Waals surface area (Å²) in [6, 6.07) is 5.19. The molecular weight excluding hydrogens is 470 g/mol. The van der Waals surface area contributed by atoms with Crippen LogP contribution in [0.4, 0.5) is 0 Å². The van der Waals surface area contributed by atoms with Crippen molar-refractivity contribution in [1.82, 2.24) is 24.5 Å². The smallest absolute Gasteiger partial charge is 0.283 e. The molecule has 35 heavy (non-hydrogen) atoms. The van der Waals surface area contributed by atoms with Crippen molar-refractivity contribution in [3.05, 3.63) is 52.3 Å². The second kappa shape index (κ2) is 9.74. The number of aryl methyl sites for hydroxylation is 4. The van der Waals surface area contributed by atoms with E-state index in [0.29, 0.717) is 31.3 Å².